The van der Waals surface area contributed by atoms with Crippen LogP contribution in [-0.4, -0.2) is 5.11 Å². The summed E-state index contributed by atoms with van der Waals surface area (Å²) in [6, 6.07) is 3.89. The van der Waals surface area contributed by atoms with Gasteiger partial charge in [-0.25, -0.2) is 8.78 Å². The Kier molecular flexibility index (Phi) is 3.61. The van der Waals surface area contributed by atoms with E-state index in [9.17, 15) is 13.9 Å². The van der Waals surface area contributed by atoms with Gasteiger partial charge in [-0.15, -0.1) is 11.3 Å². The first-order chi connectivity index (χ1) is 8.00. The molecule has 0 saturated carbocycles. The van der Waals surface area contributed by atoms with Crippen LogP contribution in [0.2, 0.25) is 0 Å². The molecular weight excluding hydrogens is 310 g/mol. The largest absolute Gasteiger partial charge is 0.383 e. The Labute approximate surface area is 110 Å². The van der Waals surface area contributed by atoms with Gasteiger partial charge in [-0.05, 0) is 52.0 Å². The van der Waals surface area contributed by atoms with Crippen LogP contribution in [0.5, 0.6) is 0 Å². The van der Waals surface area contributed by atoms with Crippen molar-refractivity contribution >= 4 is 27.3 Å². The zero-order chi connectivity index (χ0) is 12.6. The SMILES string of the molecule is Cc1cc(F)c(C(O)c2sccc2Br)cc1F. The first kappa shape index (κ1) is 12.7. The van der Waals surface area contributed by atoms with E-state index in [2.05, 4.69) is 15.9 Å². The van der Waals surface area contributed by atoms with Crippen LogP contribution in [0, 0.1) is 18.6 Å². The molecule has 0 radical (unpaired) electrons. The predicted octanol–water partition coefficient (Wildman–Crippen LogP) is 4.18. The highest BCUT2D eigenvalue weighted by molar-refractivity contribution is 9.10. The Morgan fingerprint density at radius 2 is 2.00 bits per heavy atom. The fourth-order valence-corrected chi connectivity index (χ4v) is 3.10. The topological polar surface area (TPSA) is 20.2 Å². The second-order valence-corrected chi connectivity index (χ2v) is 5.46. The smallest absolute Gasteiger partial charge is 0.129 e. The Bertz CT molecular complexity index is 553. The molecule has 0 amide bonds. The molecule has 0 saturated heterocycles. The number of halogens is 3. The third kappa shape index (κ3) is 2.41. The van der Waals surface area contributed by atoms with Crippen LogP contribution in [-0.2, 0) is 0 Å². The van der Waals surface area contributed by atoms with Gasteiger partial charge in [-0.2, -0.15) is 0 Å². The van der Waals surface area contributed by atoms with Crippen LogP contribution < -0.4 is 0 Å². The van der Waals surface area contributed by atoms with Gasteiger partial charge in [0.2, 0.25) is 0 Å². The zero-order valence-corrected chi connectivity index (χ0v) is 11.3. The number of rotatable bonds is 2. The molecule has 0 aliphatic carbocycles. The molecule has 1 heterocycles. The van der Waals surface area contributed by atoms with Crippen molar-refractivity contribution in [3.8, 4) is 0 Å². The lowest BCUT2D eigenvalue weighted by Gasteiger charge is -2.12. The molecule has 0 bridgehead atoms. The van der Waals surface area contributed by atoms with Gasteiger partial charge in [0.15, 0.2) is 0 Å². The molecule has 0 spiro atoms. The second kappa shape index (κ2) is 4.84. The second-order valence-electron chi connectivity index (χ2n) is 3.66. The van der Waals surface area contributed by atoms with E-state index in [-0.39, 0.29) is 11.1 Å². The lowest BCUT2D eigenvalue weighted by Crippen LogP contribution is -2.03. The number of benzene rings is 1. The van der Waals surface area contributed by atoms with Gasteiger partial charge in [0.05, 0.1) is 4.88 Å². The molecule has 1 nitrogen and oxygen atoms in total. The van der Waals surface area contributed by atoms with Crippen LogP contribution in [0.3, 0.4) is 0 Å². The highest BCUT2D eigenvalue weighted by Crippen LogP contribution is 2.34. The molecule has 1 atom stereocenters. The van der Waals surface area contributed by atoms with Crippen molar-refractivity contribution in [2.75, 3.05) is 0 Å². The summed E-state index contributed by atoms with van der Waals surface area (Å²) in [4.78, 5) is 0.562. The molecule has 2 aromatic rings. The molecule has 0 aliphatic rings. The van der Waals surface area contributed by atoms with Crippen molar-refractivity contribution in [1.82, 2.24) is 0 Å². The Morgan fingerprint density at radius 3 is 2.59 bits per heavy atom. The standard InChI is InChI=1S/C12H9BrF2OS/c1-6-4-10(15)7(5-9(6)14)11(16)12-8(13)2-3-17-12/h2-5,11,16H,1H3. The van der Waals surface area contributed by atoms with E-state index in [1.165, 1.54) is 18.3 Å². The van der Waals surface area contributed by atoms with Crippen LogP contribution in [0.25, 0.3) is 0 Å². The van der Waals surface area contributed by atoms with Crippen molar-refractivity contribution in [3.05, 3.63) is 55.7 Å². The van der Waals surface area contributed by atoms with E-state index >= 15 is 0 Å². The van der Waals surface area contributed by atoms with Crippen LogP contribution >= 0.6 is 27.3 Å². The number of aliphatic hydroxyl groups is 1. The fraction of sp³-hybridized carbons (Fsp3) is 0.167. The van der Waals surface area contributed by atoms with E-state index < -0.39 is 17.7 Å². The molecule has 1 unspecified atom stereocenters. The summed E-state index contributed by atoms with van der Waals surface area (Å²) in [6.07, 6.45) is -1.15. The summed E-state index contributed by atoms with van der Waals surface area (Å²) in [5.41, 5.74) is 0.181. The van der Waals surface area contributed by atoms with E-state index in [1.54, 1.807) is 11.4 Å². The fourth-order valence-electron chi connectivity index (χ4n) is 1.51. The van der Waals surface area contributed by atoms with E-state index in [4.69, 9.17) is 0 Å². The van der Waals surface area contributed by atoms with Crippen LogP contribution in [0.1, 0.15) is 22.1 Å². The Balaban J connectivity index is 2.48. The van der Waals surface area contributed by atoms with Crippen molar-refractivity contribution in [3.63, 3.8) is 0 Å². The molecule has 17 heavy (non-hydrogen) atoms. The average molecular weight is 319 g/mol. The van der Waals surface area contributed by atoms with Gasteiger partial charge in [0.1, 0.15) is 17.7 Å². The molecule has 2 rings (SSSR count). The highest BCUT2D eigenvalue weighted by atomic mass is 79.9. The molecule has 0 fully saturated rings. The minimum absolute atomic E-state index is 0.0451. The first-order valence-electron chi connectivity index (χ1n) is 4.87. The first-order valence-corrected chi connectivity index (χ1v) is 6.54. The summed E-state index contributed by atoms with van der Waals surface area (Å²) in [5, 5.41) is 11.8. The Morgan fingerprint density at radius 1 is 1.29 bits per heavy atom. The predicted molar refractivity (Wildman–Crippen MR) is 67.2 cm³/mol. The van der Waals surface area contributed by atoms with Gasteiger partial charge in [-0.3, -0.25) is 0 Å². The van der Waals surface area contributed by atoms with E-state index in [0.29, 0.717) is 9.35 Å². The van der Waals surface area contributed by atoms with Gasteiger partial charge in [0.25, 0.3) is 0 Å². The van der Waals surface area contributed by atoms with Crippen LogP contribution in [0.4, 0.5) is 8.78 Å². The molecule has 1 aromatic carbocycles. The summed E-state index contributed by atoms with van der Waals surface area (Å²) < 4.78 is 27.7. The third-order valence-corrected chi connectivity index (χ3v) is 4.39. The van der Waals surface area contributed by atoms with Crippen molar-refractivity contribution < 1.29 is 13.9 Å². The van der Waals surface area contributed by atoms with E-state index in [1.807, 2.05) is 0 Å². The quantitative estimate of drug-likeness (QED) is 0.880. The maximum Gasteiger partial charge on any atom is 0.129 e. The summed E-state index contributed by atoms with van der Waals surface area (Å²) in [5.74, 6) is -1.12. The molecule has 1 aromatic heterocycles. The molecular formula is C12H9BrF2OS. The number of hydrogen-bond donors (Lipinski definition) is 1. The minimum atomic E-state index is -1.15. The lowest BCUT2D eigenvalue weighted by molar-refractivity contribution is 0.217. The van der Waals surface area contributed by atoms with Crippen LogP contribution in [0.15, 0.2) is 28.1 Å². The number of thiophene rings is 1. The highest BCUT2D eigenvalue weighted by Gasteiger charge is 2.20. The maximum absolute atomic E-state index is 13.7. The Hall–Kier alpha value is -0.780. The van der Waals surface area contributed by atoms with Gasteiger partial charge >= 0.3 is 0 Å². The van der Waals surface area contributed by atoms with Crippen molar-refractivity contribution in [2.45, 2.75) is 13.0 Å². The molecule has 0 aliphatic heterocycles. The monoisotopic (exact) mass is 318 g/mol. The number of aliphatic hydroxyl groups excluding tert-OH is 1. The molecule has 5 heteroatoms. The summed E-state index contributed by atoms with van der Waals surface area (Å²) in [6.45, 7) is 1.48. The van der Waals surface area contributed by atoms with Crippen molar-refractivity contribution in [2.24, 2.45) is 0 Å². The van der Waals surface area contributed by atoms with E-state index in [0.717, 1.165) is 12.1 Å². The van der Waals surface area contributed by atoms with Gasteiger partial charge in [0, 0.05) is 10.0 Å². The summed E-state index contributed by atoms with van der Waals surface area (Å²) >= 11 is 4.54. The zero-order valence-electron chi connectivity index (χ0n) is 8.88. The number of hydrogen-bond acceptors (Lipinski definition) is 2. The van der Waals surface area contributed by atoms with Gasteiger partial charge < -0.3 is 5.11 Å². The summed E-state index contributed by atoms with van der Waals surface area (Å²) in [7, 11) is 0. The number of aryl methyl sites for hydroxylation is 1. The minimum Gasteiger partial charge on any atom is -0.383 e. The van der Waals surface area contributed by atoms with Crippen molar-refractivity contribution in [1.29, 1.82) is 0 Å². The third-order valence-electron chi connectivity index (χ3n) is 2.47. The average Bonchev–Trinajstić information content (AvgIpc) is 2.69. The molecule has 1 N–H and O–H groups in total. The maximum atomic E-state index is 13.7. The molecule has 90 valence electrons. The lowest BCUT2D eigenvalue weighted by atomic mass is 10.0. The normalized spacial score (nSPS) is 12.8. The van der Waals surface area contributed by atoms with Gasteiger partial charge in [-0.1, -0.05) is 0 Å².